The van der Waals surface area contributed by atoms with Crippen molar-refractivity contribution in [1.29, 1.82) is 0 Å². The number of hydrogen-bond donors (Lipinski definition) is 2. The number of carbonyl (C=O) groups excluding carboxylic acids is 1. The molecule has 1 saturated carbocycles. The fourth-order valence-electron chi connectivity index (χ4n) is 5.71. The zero-order valence-corrected chi connectivity index (χ0v) is 18.4. The Morgan fingerprint density at radius 2 is 1.73 bits per heavy atom. The number of allylic oxidation sites excluding steroid dienone is 2. The monoisotopic (exact) mass is 445 g/mol. The van der Waals surface area contributed by atoms with E-state index in [-0.39, 0.29) is 31.0 Å². The predicted octanol–water partition coefficient (Wildman–Crippen LogP) is 3.66. The molecular formula is C27H27NO5. The van der Waals surface area contributed by atoms with Gasteiger partial charge in [0.05, 0.1) is 6.10 Å². The molecule has 6 nitrogen and oxygen atoms in total. The first-order valence-electron chi connectivity index (χ1n) is 11.2. The maximum Gasteiger partial charge on any atom is 0.324 e. The first-order valence-corrected chi connectivity index (χ1v) is 11.2. The highest BCUT2D eigenvalue weighted by Gasteiger charge is 2.55. The molecule has 0 amide bonds. The van der Waals surface area contributed by atoms with Crippen LogP contribution in [0, 0.1) is 11.8 Å². The average molecular weight is 446 g/mol. The molecule has 0 bridgehead atoms. The summed E-state index contributed by atoms with van der Waals surface area (Å²) in [5.41, 5.74) is 9.81. The molecule has 0 heterocycles. The number of methoxy groups -OCH3 is 1. The summed E-state index contributed by atoms with van der Waals surface area (Å²) in [5.74, 6) is -3.05. The number of aliphatic carboxylic acids is 1. The maximum atomic E-state index is 13.5. The molecule has 3 aliphatic carbocycles. The lowest BCUT2D eigenvalue weighted by atomic mass is 9.63. The van der Waals surface area contributed by atoms with Crippen molar-refractivity contribution in [3.63, 3.8) is 0 Å². The number of hydrogen-bond acceptors (Lipinski definition) is 5. The van der Waals surface area contributed by atoms with E-state index in [2.05, 4.69) is 12.1 Å². The van der Waals surface area contributed by atoms with Gasteiger partial charge in [0.25, 0.3) is 0 Å². The van der Waals surface area contributed by atoms with E-state index in [1.54, 1.807) is 19.3 Å². The van der Waals surface area contributed by atoms with Crippen LogP contribution in [0.3, 0.4) is 0 Å². The number of nitrogens with two attached hydrogens (primary N) is 1. The van der Waals surface area contributed by atoms with Gasteiger partial charge in [-0.25, -0.2) is 0 Å². The molecule has 4 unspecified atom stereocenters. The summed E-state index contributed by atoms with van der Waals surface area (Å²) in [4.78, 5) is 25.7. The van der Waals surface area contributed by atoms with Crippen molar-refractivity contribution in [2.24, 2.45) is 17.6 Å². The van der Waals surface area contributed by atoms with Crippen molar-refractivity contribution in [3.8, 4) is 11.1 Å². The summed E-state index contributed by atoms with van der Waals surface area (Å²) >= 11 is 0. The lowest BCUT2D eigenvalue weighted by Gasteiger charge is -2.44. The summed E-state index contributed by atoms with van der Waals surface area (Å²) in [5, 5.41) is 9.96. The molecule has 0 aliphatic heterocycles. The van der Waals surface area contributed by atoms with E-state index in [1.807, 2.05) is 42.5 Å². The van der Waals surface area contributed by atoms with Crippen molar-refractivity contribution >= 4 is 11.9 Å². The molecule has 3 aliphatic rings. The smallest absolute Gasteiger partial charge is 0.324 e. The molecule has 4 atom stereocenters. The Balaban J connectivity index is 1.44. The first kappa shape index (κ1) is 21.6. The molecule has 1 fully saturated rings. The summed E-state index contributed by atoms with van der Waals surface area (Å²) in [7, 11) is 1.61. The molecule has 0 radical (unpaired) electrons. The van der Waals surface area contributed by atoms with E-state index in [9.17, 15) is 14.7 Å². The molecule has 3 N–H and O–H groups in total. The third-order valence-corrected chi connectivity index (χ3v) is 7.39. The highest BCUT2D eigenvalue weighted by Crippen LogP contribution is 2.47. The van der Waals surface area contributed by atoms with Gasteiger partial charge in [-0.1, -0.05) is 66.8 Å². The van der Waals surface area contributed by atoms with Crippen LogP contribution in [0.2, 0.25) is 0 Å². The van der Waals surface area contributed by atoms with Gasteiger partial charge in [-0.2, -0.15) is 0 Å². The maximum absolute atomic E-state index is 13.5. The van der Waals surface area contributed by atoms with E-state index in [4.69, 9.17) is 15.2 Å². The summed E-state index contributed by atoms with van der Waals surface area (Å²) in [6, 6.07) is 16.2. The van der Waals surface area contributed by atoms with Crippen LogP contribution in [0.5, 0.6) is 0 Å². The molecule has 2 aromatic rings. The standard InChI is InChI=1S/C27H27NO5/c1-32-23-12-6-11-21-20(23)13-14-27(28,26(30)31)24(21)25(29)33-15-22-18-9-4-2-7-16(18)17-8-3-5-10-19(17)22/h2-12,20,22-24H,13-15,28H2,1H3,(H,30,31). The van der Waals surface area contributed by atoms with Crippen LogP contribution in [0.4, 0.5) is 0 Å². The Labute approximate surface area is 192 Å². The van der Waals surface area contributed by atoms with Gasteiger partial charge in [0.1, 0.15) is 18.1 Å². The number of carbonyl (C=O) groups is 2. The second-order valence-electron chi connectivity index (χ2n) is 9.03. The minimum atomic E-state index is -1.71. The van der Waals surface area contributed by atoms with E-state index < -0.39 is 23.4 Å². The van der Waals surface area contributed by atoms with Crippen LogP contribution in [0.15, 0.2) is 72.3 Å². The van der Waals surface area contributed by atoms with Crippen LogP contribution in [0.25, 0.3) is 11.1 Å². The van der Waals surface area contributed by atoms with Gasteiger partial charge in [-0.05, 0) is 40.7 Å². The quantitative estimate of drug-likeness (QED) is 0.682. The number of carboxylic acids is 1. The number of benzene rings is 2. The second kappa shape index (κ2) is 8.28. The number of rotatable bonds is 5. The lowest BCUT2D eigenvalue weighted by molar-refractivity contribution is -0.160. The molecule has 5 rings (SSSR count). The summed E-state index contributed by atoms with van der Waals surface area (Å²) < 4.78 is 11.4. The van der Waals surface area contributed by atoms with Crippen LogP contribution in [-0.2, 0) is 19.1 Å². The van der Waals surface area contributed by atoms with E-state index in [1.165, 1.54) is 0 Å². The first-order chi connectivity index (χ1) is 16.0. The Morgan fingerprint density at radius 3 is 2.33 bits per heavy atom. The Kier molecular flexibility index (Phi) is 5.43. The van der Waals surface area contributed by atoms with Crippen LogP contribution in [-0.4, -0.2) is 42.4 Å². The third kappa shape index (κ3) is 3.41. The SMILES string of the molecule is COC1C=CC=C2C1CCC(N)(C(=O)O)C2C(=O)OCC1c2ccccc2-c2ccccc21. The summed E-state index contributed by atoms with van der Waals surface area (Å²) in [6.45, 7) is 0.126. The third-order valence-electron chi connectivity index (χ3n) is 7.39. The van der Waals surface area contributed by atoms with Crippen molar-refractivity contribution in [2.75, 3.05) is 13.7 Å². The molecule has 33 heavy (non-hydrogen) atoms. The van der Waals surface area contributed by atoms with Gasteiger partial charge in [-0.3, -0.25) is 9.59 Å². The number of ether oxygens (including phenoxy) is 2. The zero-order chi connectivity index (χ0) is 23.2. The largest absolute Gasteiger partial charge is 0.480 e. The van der Waals surface area contributed by atoms with E-state index in [0.717, 1.165) is 22.3 Å². The second-order valence-corrected chi connectivity index (χ2v) is 9.03. The Hall–Kier alpha value is -3.22. The molecule has 170 valence electrons. The number of esters is 1. The normalized spacial score (nSPS) is 27.8. The van der Waals surface area contributed by atoms with Gasteiger partial charge < -0.3 is 20.3 Å². The van der Waals surface area contributed by atoms with Gasteiger partial charge in [-0.15, -0.1) is 0 Å². The molecule has 6 heteroatoms. The predicted molar refractivity (Wildman–Crippen MR) is 123 cm³/mol. The Morgan fingerprint density at radius 1 is 1.09 bits per heavy atom. The zero-order valence-electron chi connectivity index (χ0n) is 18.4. The van der Waals surface area contributed by atoms with Crippen molar-refractivity contribution in [2.45, 2.75) is 30.4 Å². The highest BCUT2D eigenvalue weighted by atomic mass is 16.5. The van der Waals surface area contributed by atoms with Crippen LogP contribution < -0.4 is 5.73 Å². The molecule has 0 saturated heterocycles. The average Bonchev–Trinajstić information content (AvgIpc) is 3.15. The number of carboxylic acid groups (broad SMARTS) is 1. The lowest BCUT2D eigenvalue weighted by Crippen LogP contribution is -2.61. The molecule has 0 spiro atoms. The fraction of sp³-hybridized carbons (Fsp3) is 0.333. The highest BCUT2D eigenvalue weighted by molar-refractivity contribution is 5.90. The van der Waals surface area contributed by atoms with Crippen molar-refractivity contribution in [1.82, 2.24) is 0 Å². The number of fused-ring (bicyclic) bond motifs is 4. The van der Waals surface area contributed by atoms with Crippen LogP contribution in [0.1, 0.15) is 29.9 Å². The van der Waals surface area contributed by atoms with Crippen molar-refractivity contribution < 1.29 is 24.2 Å². The van der Waals surface area contributed by atoms with E-state index >= 15 is 0 Å². The fourth-order valence-corrected chi connectivity index (χ4v) is 5.71. The summed E-state index contributed by atoms with van der Waals surface area (Å²) in [6.07, 6.45) is 6.02. The van der Waals surface area contributed by atoms with Gasteiger partial charge in [0.15, 0.2) is 0 Å². The van der Waals surface area contributed by atoms with Crippen molar-refractivity contribution in [3.05, 3.63) is 83.5 Å². The van der Waals surface area contributed by atoms with E-state index in [0.29, 0.717) is 12.0 Å². The van der Waals surface area contributed by atoms with Crippen LogP contribution >= 0.6 is 0 Å². The minimum Gasteiger partial charge on any atom is -0.480 e. The molecule has 2 aromatic carbocycles. The topological polar surface area (TPSA) is 98.9 Å². The Bertz CT molecular complexity index is 1120. The van der Waals surface area contributed by atoms with Gasteiger partial charge >= 0.3 is 11.9 Å². The molecular weight excluding hydrogens is 418 g/mol. The van der Waals surface area contributed by atoms with Gasteiger partial charge in [0.2, 0.25) is 0 Å². The minimum absolute atomic E-state index is 0.0958. The van der Waals surface area contributed by atoms with Gasteiger partial charge in [0, 0.05) is 18.9 Å². The molecule has 0 aromatic heterocycles.